The van der Waals surface area contributed by atoms with Crippen LogP contribution in [0.15, 0.2) is 9.98 Å². The fourth-order valence-corrected chi connectivity index (χ4v) is 2.78. The molecule has 0 radical (unpaired) electrons. The lowest BCUT2D eigenvalue weighted by atomic mass is 9.79. The lowest BCUT2D eigenvalue weighted by Gasteiger charge is -2.41. The van der Waals surface area contributed by atoms with Crippen molar-refractivity contribution in [2.45, 2.75) is 92.4 Å². The van der Waals surface area contributed by atoms with Gasteiger partial charge in [-0.2, -0.15) is 0 Å². The van der Waals surface area contributed by atoms with Crippen LogP contribution in [0.25, 0.3) is 0 Å². The summed E-state index contributed by atoms with van der Waals surface area (Å²) in [5.41, 5.74) is 12.2. The van der Waals surface area contributed by atoms with Crippen LogP contribution in [-0.2, 0) is 0 Å². The predicted octanol–water partition coefficient (Wildman–Crippen LogP) is 3.14. The minimum atomic E-state index is -1.06. The molecule has 6 heteroatoms. The highest BCUT2D eigenvalue weighted by Gasteiger charge is 2.44. The minimum Gasteiger partial charge on any atom is -0.370 e. The second kappa shape index (κ2) is 7.94. The SMILES string of the molecule is CC(C)CCC(C)(C)NC1=NC(N)(C(C)(C)CCC(C)C)N=C(N)N1. The maximum Gasteiger partial charge on any atom is 0.214 e. The van der Waals surface area contributed by atoms with E-state index in [1.54, 1.807) is 0 Å². The lowest BCUT2D eigenvalue weighted by molar-refractivity contribution is 0.152. The molecule has 25 heavy (non-hydrogen) atoms. The number of nitrogens with two attached hydrogens (primary N) is 2. The van der Waals surface area contributed by atoms with Crippen molar-refractivity contribution in [1.82, 2.24) is 10.6 Å². The molecule has 1 heterocycles. The molecule has 1 unspecified atom stereocenters. The summed E-state index contributed by atoms with van der Waals surface area (Å²) in [5, 5.41) is 6.51. The zero-order chi connectivity index (χ0) is 19.5. The van der Waals surface area contributed by atoms with E-state index < -0.39 is 5.79 Å². The molecule has 1 aliphatic rings. The third kappa shape index (κ3) is 6.49. The van der Waals surface area contributed by atoms with E-state index in [1.165, 1.54) is 0 Å². The number of hydrogen-bond donors (Lipinski definition) is 4. The summed E-state index contributed by atoms with van der Waals surface area (Å²) >= 11 is 0. The van der Waals surface area contributed by atoms with E-state index in [0.717, 1.165) is 25.7 Å². The van der Waals surface area contributed by atoms with Gasteiger partial charge in [0.25, 0.3) is 0 Å². The van der Waals surface area contributed by atoms with E-state index in [1.807, 2.05) is 0 Å². The van der Waals surface area contributed by atoms with Crippen LogP contribution in [-0.4, -0.2) is 23.2 Å². The molecule has 6 nitrogen and oxygen atoms in total. The van der Waals surface area contributed by atoms with Crippen molar-refractivity contribution >= 4 is 11.9 Å². The normalized spacial score (nSPS) is 21.9. The van der Waals surface area contributed by atoms with Gasteiger partial charge in [-0.3, -0.25) is 11.1 Å². The summed E-state index contributed by atoms with van der Waals surface area (Å²) in [6.45, 7) is 17.5. The first kappa shape index (κ1) is 21.7. The fourth-order valence-electron chi connectivity index (χ4n) is 2.78. The van der Waals surface area contributed by atoms with Crippen molar-refractivity contribution in [1.29, 1.82) is 0 Å². The number of rotatable bonds is 8. The second-order valence-corrected chi connectivity index (χ2v) is 9.57. The maximum absolute atomic E-state index is 6.61. The van der Waals surface area contributed by atoms with Gasteiger partial charge in [-0.1, -0.05) is 48.0 Å². The van der Waals surface area contributed by atoms with Gasteiger partial charge in [-0.25, -0.2) is 9.98 Å². The molecule has 0 aromatic carbocycles. The van der Waals surface area contributed by atoms with Crippen molar-refractivity contribution in [3.05, 3.63) is 0 Å². The number of hydrogen-bond acceptors (Lipinski definition) is 6. The van der Waals surface area contributed by atoms with Crippen molar-refractivity contribution in [3.63, 3.8) is 0 Å². The third-order valence-corrected chi connectivity index (χ3v) is 4.97. The number of nitrogens with zero attached hydrogens (tertiary/aromatic N) is 2. The van der Waals surface area contributed by atoms with Crippen LogP contribution in [0, 0.1) is 17.3 Å². The van der Waals surface area contributed by atoms with E-state index in [-0.39, 0.29) is 11.0 Å². The fraction of sp³-hybridized carbons (Fsp3) is 0.895. The Morgan fingerprint density at radius 1 is 1.00 bits per heavy atom. The molecular formula is C19H40N6. The first-order chi connectivity index (χ1) is 11.3. The number of nitrogens with one attached hydrogen (secondary N) is 2. The Morgan fingerprint density at radius 3 is 2.04 bits per heavy atom. The summed E-state index contributed by atoms with van der Waals surface area (Å²) in [6, 6.07) is 0. The molecule has 1 aliphatic heterocycles. The monoisotopic (exact) mass is 352 g/mol. The standard InChI is InChI=1S/C19H40N6/c1-13(2)9-11-17(5,6)19(21)23-15(20)22-16(25-19)24-18(7,8)12-10-14(3)4/h13-14H,9-12,21H2,1-8H3,(H4,20,22,23,24,25). The maximum atomic E-state index is 6.61. The molecule has 0 aliphatic carbocycles. The Kier molecular flexibility index (Phi) is 6.90. The lowest BCUT2D eigenvalue weighted by Crippen LogP contribution is -2.61. The van der Waals surface area contributed by atoms with Crippen molar-refractivity contribution < 1.29 is 0 Å². The molecule has 1 atom stereocenters. The minimum absolute atomic E-state index is 0.100. The first-order valence-corrected chi connectivity index (χ1v) is 9.55. The molecule has 0 fully saturated rings. The zero-order valence-corrected chi connectivity index (χ0v) is 17.5. The summed E-state index contributed by atoms with van der Waals surface area (Å²) in [4.78, 5) is 9.18. The molecule has 0 aromatic heterocycles. The van der Waals surface area contributed by atoms with E-state index in [9.17, 15) is 0 Å². The van der Waals surface area contributed by atoms with Crippen LogP contribution >= 0.6 is 0 Å². The largest absolute Gasteiger partial charge is 0.370 e. The third-order valence-electron chi connectivity index (χ3n) is 4.97. The van der Waals surface area contributed by atoms with E-state index >= 15 is 0 Å². The molecule has 0 saturated heterocycles. The molecule has 6 N–H and O–H groups in total. The molecule has 0 aromatic rings. The van der Waals surface area contributed by atoms with Gasteiger partial charge < -0.3 is 11.1 Å². The zero-order valence-electron chi connectivity index (χ0n) is 17.5. The highest BCUT2D eigenvalue weighted by Crippen LogP contribution is 2.38. The van der Waals surface area contributed by atoms with Gasteiger partial charge >= 0.3 is 0 Å². The smallest absolute Gasteiger partial charge is 0.214 e. The van der Waals surface area contributed by atoms with Crippen LogP contribution in [0.3, 0.4) is 0 Å². The molecule has 0 spiro atoms. The van der Waals surface area contributed by atoms with Gasteiger partial charge in [-0.15, -0.1) is 0 Å². The van der Waals surface area contributed by atoms with Gasteiger partial charge in [0.05, 0.1) is 0 Å². The Morgan fingerprint density at radius 2 is 1.52 bits per heavy atom. The molecule has 146 valence electrons. The summed E-state index contributed by atoms with van der Waals surface area (Å²) in [6.07, 6.45) is 4.19. The highest BCUT2D eigenvalue weighted by atomic mass is 15.4. The molecule has 1 rings (SSSR count). The summed E-state index contributed by atoms with van der Waals surface area (Å²) < 4.78 is 0. The van der Waals surface area contributed by atoms with E-state index in [2.05, 4.69) is 71.0 Å². The first-order valence-electron chi connectivity index (χ1n) is 9.55. The van der Waals surface area contributed by atoms with Gasteiger partial charge in [-0.05, 0) is 44.9 Å². The number of guanidine groups is 2. The molecule has 0 bridgehead atoms. The van der Waals surface area contributed by atoms with Crippen LogP contribution in [0.5, 0.6) is 0 Å². The highest BCUT2D eigenvalue weighted by molar-refractivity contribution is 6.00. The predicted molar refractivity (Wildman–Crippen MR) is 108 cm³/mol. The van der Waals surface area contributed by atoms with Gasteiger partial charge in [0.15, 0.2) is 5.96 Å². The van der Waals surface area contributed by atoms with Crippen LogP contribution < -0.4 is 22.1 Å². The van der Waals surface area contributed by atoms with Crippen molar-refractivity contribution in [2.24, 2.45) is 38.7 Å². The Hall–Kier alpha value is -1.30. The van der Waals surface area contributed by atoms with Crippen molar-refractivity contribution in [3.8, 4) is 0 Å². The Balaban J connectivity index is 2.95. The van der Waals surface area contributed by atoms with Crippen molar-refractivity contribution in [2.75, 3.05) is 0 Å². The average Bonchev–Trinajstić information content (AvgIpc) is 2.41. The van der Waals surface area contributed by atoms with Gasteiger partial charge in [0.2, 0.25) is 11.7 Å². The molecule has 0 amide bonds. The average molecular weight is 353 g/mol. The van der Waals surface area contributed by atoms with E-state index in [0.29, 0.717) is 23.8 Å². The van der Waals surface area contributed by atoms with Crippen LogP contribution in [0.2, 0.25) is 0 Å². The van der Waals surface area contributed by atoms with Gasteiger partial charge in [0, 0.05) is 11.0 Å². The second-order valence-electron chi connectivity index (χ2n) is 9.57. The van der Waals surface area contributed by atoms with Crippen LogP contribution in [0.1, 0.15) is 81.1 Å². The Labute approximate surface area is 154 Å². The molecule has 0 saturated carbocycles. The Bertz CT molecular complexity index is 504. The quantitative estimate of drug-likeness (QED) is 0.539. The number of aliphatic imine (C=N–C) groups is 2. The summed E-state index contributed by atoms with van der Waals surface area (Å²) in [7, 11) is 0. The van der Waals surface area contributed by atoms with Crippen LogP contribution in [0.4, 0.5) is 0 Å². The van der Waals surface area contributed by atoms with E-state index in [4.69, 9.17) is 16.5 Å². The topological polar surface area (TPSA) is 101 Å². The van der Waals surface area contributed by atoms with Gasteiger partial charge in [0.1, 0.15) is 0 Å². The molecular weight excluding hydrogens is 312 g/mol. The summed E-state index contributed by atoms with van der Waals surface area (Å²) in [5.74, 6) is 1.15.